The first-order valence-corrected chi connectivity index (χ1v) is 11.6. The van der Waals surface area contributed by atoms with Gasteiger partial charge in [-0.3, -0.25) is 4.99 Å². The Morgan fingerprint density at radius 3 is 2.25 bits per heavy atom. The van der Waals surface area contributed by atoms with Crippen molar-refractivity contribution in [3.05, 3.63) is 60.7 Å². The molecule has 2 aromatic rings. The molecule has 0 aliphatic heterocycles. The van der Waals surface area contributed by atoms with Crippen LogP contribution in [0.1, 0.15) is 13.8 Å². The van der Waals surface area contributed by atoms with E-state index in [1.807, 2.05) is 31.2 Å². The van der Waals surface area contributed by atoms with Gasteiger partial charge in [0.25, 0.3) is 0 Å². The molecule has 0 radical (unpaired) electrons. The molecule has 154 valence electrons. The minimum Gasteiger partial charge on any atom is -0.357 e. The van der Waals surface area contributed by atoms with Crippen molar-refractivity contribution in [1.82, 2.24) is 10.6 Å². The molecule has 8 heteroatoms. The highest BCUT2D eigenvalue weighted by atomic mass is 127. The van der Waals surface area contributed by atoms with Gasteiger partial charge in [0.15, 0.2) is 15.8 Å². The summed E-state index contributed by atoms with van der Waals surface area (Å²) in [6.07, 6.45) is 0. The van der Waals surface area contributed by atoms with Gasteiger partial charge in [-0.25, -0.2) is 8.42 Å². The third-order valence-corrected chi connectivity index (χ3v) is 6.52. The maximum atomic E-state index is 12.3. The summed E-state index contributed by atoms with van der Waals surface area (Å²) in [6, 6.07) is 18.7. The van der Waals surface area contributed by atoms with Gasteiger partial charge in [0.1, 0.15) is 0 Å². The van der Waals surface area contributed by atoms with E-state index >= 15 is 0 Å². The third-order valence-electron chi connectivity index (χ3n) is 3.70. The zero-order valence-corrected chi connectivity index (χ0v) is 20.1. The summed E-state index contributed by atoms with van der Waals surface area (Å²) in [5.41, 5.74) is 0. The standard InChI is InChI=1S/C20H27N3O2S2.HI/c1-3-21-20(23-16-17(2)26-18-10-6-4-7-11-18)22-14-15-27(24,25)19-12-8-5-9-13-19;/h4-13,17H,3,14-16H2,1-2H3,(H2,21,22,23);1H. The Labute approximate surface area is 189 Å². The average molecular weight is 534 g/mol. The number of hydrogen-bond acceptors (Lipinski definition) is 4. The van der Waals surface area contributed by atoms with Crippen molar-refractivity contribution < 1.29 is 8.42 Å². The number of thioether (sulfide) groups is 1. The first-order chi connectivity index (χ1) is 13.0. The molecule has 0 aliphatic carbocycles. The fraction of sp³-hybridized carbons (Fsp3) is 0.350. The summed E-state index contributed by atoms with van der Waals surface area (Å²) in [5.74, 6) is 0.664. The van der Waals surface area contributed by atoms with Crippen LogP contribution in [0.15, 0.2) is 75.4 Å². The van der Waals surface area contributed by atoms with Gasteiger partial charge in [0, 0.05) is 23.2 Å². The monoisotopic (exact) mass is 533 g/mol. The predicted octanol–water partition coefficient (Wildman–Crippen LogP) is 3.81. The fourth-order valence-corrected chi connectivity index (χ4v) is 4.49. The van der Waals surface area contributed by atoms with E-state index in [1.165, 1.54) is 4.90 Å². The van der Waals surface area contributed by atoms with Crippen LogP contribution in [0.4, 0.5) is 0 Å². The van der Waals surface area contributed by atoms with E-state index < -0.39 is 9.84 Å². The van der Waals surface area contributed by atoms with Crippen LogP contribution >= 0.6 is 35.7 Å². The Balaban J connectivity index is 0.00000392. The minimum atomic E-state index is -3.29. The second-order valence-corrected chi connectivity index (χ2v) is 9.64. The van der Waals surface area contributed by atoms with E-state index in [9.17, 15) is 8.42 Å². The number of benzene rings is 2. The van der Waals surface area contributed by atoms with Crippen LogP contribution in [0.3, 0.4) is 0 Å². The van der Waals surface area contributed by atoms with Crippen LogP contribution in [-0.2, 0) is 9.84 Å². The summed E-state index contributed by atoms with van der Waals surface area (Å²) in [6.45, 7) is 5.78. The number of nitrogens with zero attached hydrogens (tertiary/aromatic N) is 1. The first kappa shape index (κ1) is 24.8. The van der Waals surface area contributed by atoms with Crippen molar-refractivity contribution in [2.45, 2.75) is 28.9 Å². The molecule has 2 aromatic carbocycles. The van der Waals surface area contributed by atoms with Crippen molar-refractivity contribution in [3.63, 3.8) is 0 Å². The number of aliphatic imine (C=N–C) groups is 1. The van der Waals surface area contributed by atoms with Crippen LogP contribution in [0.5, 0.6) is 0 Å². The van der Waals surface area contributed by atoms with Crippen molar-refractivity contribution >= 4 is 51.5 Å². The van der Waals surface area contributed by atoms with Crippen molar-refractivity contribution in [2.75, 3.05) is 25.4 Å². The van der Waals surface area contributed by atoms with Gasteiger partial charge in [0.05, 0.1) is 17.2 Å². The zero-order valence-electron chi connectivity index (χ0n) is 16.2. The number of nitrogens with one attached hydrogen (secondary N) is 2. The topological polar surface area (TPSA) is 70.6 Å². The highest BCUT2D eigenvalue weighted by Crippen LogP contribution is 2.22. The Bertz CT molecular complexity index is 816. The molecule has 2 rings (SSSR count). The SMILES string of the molecule is CCNC(=NCC(C)Sc1ccccc1)NCCS(=O)(=O)c1ccccc1.I. The molecule has 1 atom stereocenters. The summed E-state index contributed by atoms with van der Waals surface area (Å²) >= 11 is 1.77. The number of sulfone groups is 1. The van der Waals surface area contributed by atoms with Gasteiger partial charge in [-0.2, -0.15) is 0 Å². The summed E-state index contributed by atoms with van der Waals surface area (Å²) in [7, 11) is -3.29. The van der Waals surface area contributed by atoms with Crippen molar-refractivity contribution in [2.24, 2.45) is 4.99 Å². The lowest BCUT2D eigenvalue weighted by Gasteiger charge is -2.13. The van der Waals surface area contributed by atoms with E-state index in [0.717, 1.165) is 6.54 Å². The Hall–Kier alpha value is -1.26. The molecule has 0 aliphatic rings. The van der Waals surface area contributed by atoms with Gasteiger partial charge in [-0.1, -0.05) is 43.3 Å². The van der Waals surface area contributed by atoms with Gasteiger partial charge >= 0.3 is 0 Å². The Morgan fingerprint density at radius 1 is 1.04 bits per heavy atom. The molecular formula is C20H28IN3O2S2. The van der Waals surface area contributed by atoms with E-state index in [2.05, 4.69) is 34.7 Å². The van der Waals surface area contributed by atoms with Gasteiger partial charge < -0.3 is 10.6 Å². The molecule has 2 N–H and O–H groups in total. The first-order valence-electron chi connectivity index (χ1n) is 9.03. The zero-order chi connectivity index (χ0) is 19.5. The molecule has 0 saturated carbocycles. The molecule has 28 heavy (non-hydrogen) atoms. The predicted molar refractivity (Wildman–Crippen MR) is 130 cm³/mol. The lowest BCUT2D eigenvalue weighted by atomic mass is 10.4. The Kier molecular flexibility index (Phi) is 11.6. The second kappa shape index (κ2) is 13.1. The van der Waals surface area contributed by atoms with Gasteiger partial charge in [-0.15, -0.1) is 35.7 Å². The molecule has 5 nitrogen and oxygen atoms in total. The van der Waals surface area contributed by atoms with E-state index in [-0.39, 0.29) is 29.7 Å². The molecule has 0 heterocycles. The van der Waals surface area contributed by atoms with Crippen LogP contribution < -0.4 is 10.6 Å². The molecule has 0 saturated heterocycles. The summed E-state index contributed by atoms with van der Waals surface area (Å²) in [5, 5.41) is 6.59. The van der Waals surface area contributed by atoms with Crippen LogP contribution in [0.25, 0.3) is 0 Å². The van der Waals surface area contributed by atoms with Crippen LogP contribution in [0, 0.1) is 0 Å². The Morgan fingerprint density at radius 2 is 1.64 bits per heavy atom. The lowest BCUT2D eigenvalue weighted by molar-refractivity contribution is 0.594. The van der Waals surface area contributed by atoms with Crippen molar-refractivity contribution in [3.8, 4) is 0 Å². The molecule has 0 aromatic heterocycles. The number of guanidine groups is 1. The van der Waals surface area contributed by atoms with Crippen LogP contribution in [0.2, 0.25) is 0 Å². The molecule has 1 unspecified atom stereocenters. The van der Waals surface area contributed by atoms with Gasteiger partial charge in [-0.05, 0) is 31.2 Å². The van der Waals surface area contributed by atoms with Crippen molar-refractivity contribution in [1.29, 1.82) is 0 Å². The van der Waals surface area contributed by atoms with E-state index in [1.54, 1.807) is 36.0 Å². The fourth-order valence-electron chi connectivity index (χ4n) is 2.38. The smallest absolute Gasteiger partial charge is 0.191 e. The lowest BCUT2D eigenvalue weighted by Crippen LogP contribution is -2.40. The van der Waals surface area contributed by atoms with E-state index in [4.69, 9.17) is 0 Å². The molecular weight excluding hydrogens is 505 g/mol. The molecule has 0 spiro atoms. The van der Waals surface area contributed by atoms with Crippen LogP contribution in [-0.4, -0.2) is 45.0 Å². The minimum absolute atomic E-state index is 0. The summed E-state index contributed by atoms with van der Waals surface area (Å²) < 4.78 is 24.7. The van der Waals surface area contributed by atoms with E-state index in [0.29, 0.717) is 29.2 Å². The number of halogens is 1. The molecule has 0 amide bonds. The number of hydrogen-bond donors (Lipinski definition) is 2. The normalized spacial score (nSPS) is 12.7. The molecule has 0 fully saturated rings. The second-order valence-electron chi connectivity index (χ2n) is 6.02. The quantitative estimate of drug-likeness (QED) is 0.222. The maximum absolute atomic E-state index is 12.3. The summed E-state index contributed by atoms with van der Waals surface area (Å²) in [4.78, 5) is 6.14. The average Bonchev–Trinajstić information content (AvgIpc) is 2.67. The third kappa shape index (κ3) is 8.83. The molecule has 0 bridgehead atoms. The van der Waals surface area contributed by atoms with Gasteiger partial charge in [0.2, 0.25) is 0 Å². The highest BCUT2D eigenvalue weighted by Gasteiger charge is 2.13. The largest absolute Gasteiger partial charge is 0.357 e. The maximum Gasteiger partial charge on any atom is 0.191 e. The number of rotatable bonds is 9. The highest BCUT2D eigenvalue weighted by molar-refractivity contribution is 14.0.